The monoisotopic (exact) mass is 332 g/mol. The minimum atomic E-state index is -0.817. The molecule has 0 saturated carbocycles. The van der Waals surface area contributed by atoms with Gasteiger partial charge in [-0.15, -0.1) is 0 Å². The minimum Gasteiger partial charge on any atom is -0.480 e. The van der Waals surface area contributed by atoms with Gasteiger partial charge in [0.05, 0.1) is 6.54 Å². The summed E-state index contributed by atoms with van der Waals surface area (Å²) in [7, 11) is 0. The standard InChI is InChI=1S/C19H28N2O3/c1-3-11-21(13-16-9-7-15(2)8-10-16)18(22)14-20-12-5-4-6-17(20)19(23)24/h7-10,17H,3-6,11-14H2,1-2H3,(H,23,24). The lowest BCUT2D eigenvalue weighted by atomic mass is 10.0. The van der Waals surface area contributed by atoms with Crippen molar-refractivity contribution in [3.8, 4) is 0 Å². The van der Waals surface area contributed by atoms with Crippen molar-refractivity contribution < 1.29 is 14.7 Å². The maximum Gasteiger partial charge on any atom is 0.320 e. The number of benzene rings is 1. The zero-order chi connectivity index (χ0) is 17.5. The van der Waals surface area contributed by atoms with Crippen molar-refractivity contribution in [1.82, 2.24) is 9.80 Å². The number of carbonyl (C=O) groups is 2. The van der Waals surface area contributed by atoms with E-state index in [1.165, 1.54) is 5.56 Å². The molecule has 1 fully saturated rings. The zero-order valence-corrected chi connectivity index (χ0v) is 14.7. The Hall–Kier alpha value is -1.88. The summed E-state index contributed by atoms with van der Waals surface area (Å²) >= 11 is 0. The van der Waals surface area contributed by atoms with Crippen molar-refractivity contribution in [2.75, 3.05) is 19.6 Å². The number of hydrogen-bond acceptors (Lipinski definition) is 3. The topological polar surface area (TPSA) is 60.9 Å². The maximum absolute atomic E-state index is 12.7. The van der Waals surface area contributed by atoms with Gasteiger partial charge in [0.25, 0.3) is 0 Å². The molecule has 0 radical (unpaired) electrons. The van der Waals surface area contributed by atoms with Gasteiger partial charge in [-0.1, -0.05) is 43.2 Å². The van der Waals surface area contributed by atoms with E-state index in [0.717, 1.165) is 24.8 Å². The number of aliphatic carboxylic acids is 1. The number of nitrogens with zero attached hydrogens (tertiary/aromatic N) is 2. The first-order valence-electron chi connectivity index (χ1n) is 8.81. The van der Waals surface area contributed by atoms with E-state index in [-0.39, 0.29) is 12.5 Å². The number of hydrogen-bond donors (Lipinski definition) is 1. The van der Waals surface area contributed by atoms with Gasteiger partial charge in [-0.25, -0.2) is 0 Å². The maximum atomic E-state index is 12.7. The molecule has 0 spiro atoms. The third-order valence-corrected chi connectivity index (χ3v) is 4.58. The van der Waals surface area contributed by atoms with Crippen molar-refractivity contribution in [1.29, 1.82) is 0 Å². The molecule has 5 nitrogen and oxygen atoms in total. The Morgan fingerprint density at radius 3 is 2.58 bits per heavy atom. The fourth-order valence-corrected chi connectivity index (χ4v) is 3.21. The lowest BCUT2D eigenvalue weighted by molar-refractivity contribution is -0.146. The molecule has 1 heterocycles. The Balaban J connectivity index is 2.02. The molecule has 1 atom stereocenters. The lowest BCUT2D eigenvalue weighted by Gasteiger charge is -2.34. The molecule has 1 aliphatic heterocycles. The number of carboxylic acids is 1. The van der Waals surface area contributed by atoms with Gasteiger partial charge in [-0.2, -0.15) is 0 Å². The molecule has 1 unspecified atom stereocenters. The minimum absolute atomic E-state index is 0.0191. The van der Waals surface area contributed by atoms with Crippen molar-refractivity contribution in [3.63, 3.8) is 0 Å². The van der Waals surface area contributed by atoms with Gasteiger partial charge in [-0.05, 0) is 38.3 Å². The average molecular weight is 332 g/mol. The van der Waals surface area contributed by atoms with E-state index in [0.29, 0.717) is 26.1 Å². The van der Waals surface area contributed by atoms with Gasteiger partial charge in [0.1, 0.15) is 6.04 Å². The average Bonchev–Trinajstić information content (AvgIpc) is 2.56. The summed E-state index contributed by atoms with van der Waals surface area (Å²) in [6, 6.07) is 7.67. The van der Waals surface area contributed by atoms with E-state index in [1.807, 2.05) is 28.9 Å². The highest BCUT2D eigenvalue weighted by molar-refractivity contribution is 5.80. The van der Waals surface area contributed by atoms with Crippen molar-refractivity contribution >= 4 is 11.9 Å². The van der Waals surface area contributed by atoms with Crippen LogP contribution in [0.25, 0.3) is 0 Å². The number of aryl methyl sites for hydroxylation is 1. The molecular weight excluding hydrogens is 304 g/mol. The van der Waals surface area contributed by atoms with E-state index in [1.54, 1.807) is 0 Å². The van der Waals surface area contributed by atoms with Crippen LogP contribution in [-0.4, -0.2) is 52.5 Å². The Morgan fingerprint density at radius 1 is 1.25 bits per heavy atom. The Morgan fingerprint density at radius 2 is 1.96 bits per heavy atom. The third-order valence-electron chi connectivity index (χ3n) is 4.58. The van der Waals surface area contributed by atoms with Crippen LogP contribution in [0.15, 0.2) is 24.3 Å². The van der Waals surface area contributed by atoms with Crippen LogP contribution >= 0.6 is 0 Å². The molecule has 5 heteroatoms. The number of amides is 1. The van der Waals surface area contributed by atoms with Gasteiger partial charge in [0.2, 0.25) is 5.91 Å². The lowest BCUT2D eigenvalue weighted by Crippen LogP contribution is -2.49. The summed E-state index contributed by atoms with van der Waals surface area (Å²) in [5, 5.41) is 9.36. The molecule has 1 amide bonds. The third kappa shape index (κ3) is 5.06. The van der Waals surface area contributed by atoms with Crippen molar-refractivity contribution in [2.24, 2.45) is 0 Å². The zero-order valence-electron chi connectivity index (χ0n) is 14.7. The Labute approximate surface area is 144 Å². The molecule has 1 saturated heterocycles. The van der Waals surface area contributed by atoms with E-state index in [2.05, 4.69) is 19.1 Å². The van der Waals surface area contributed by atoms with Crippen LogP contribution < -0.4 is 0 Å². The van der Waals surface area contributed by atoms with E-state index in [4.69, 9.17) is 0 Å². The van der Waals surface area contributed by atoms with Crippen molar-refractivity contribution in [3.05, 3.63) is 35.4 Å². The van der Waals surface area contributed by atoms with Crippen LogP contribution in [0.1, 0.15) is 43.7 Å². The van der Waals surface area contributed by atoms with Crippen LogP contribution in [0, 0.1) is 6.92 Å². The molecule has 132 valence electrons. The quantitative estimate of drug-likeness (QED) is 0.834. The van der Waals surface area contributed by atoms with Gasteiger partial charge >= 0.3 is 5.97 Å². The van der Waals surface area contributed by atoms with Gasteiger partial charge in [-0.3, -0.25) is 14.5 Å². The summed E-state index contributed by atoms with van der Waals surface area (Å²) < 4.78 is 0. The second-order valence-electron chi connectivity index (χ2n) is 6.62. The number of carbonyl (C=O) groups excluding carboxylic acids is 1. The van der Waals surface area contributed by atoms with Crippen LogP contribution in [0.5, 0.6) is 0 Å². The second kappa shape index (κ2) is 8.83. The number of rotatable bonds is 7. The summed E-state index contributed by atoms with van der Waals surface area (Å²) in [4.78, 5) is 27.8. The fourth-order valence-electron chi connectivity index (χ4n) is 3.21. The predicted octanol–water partition coefficient (Wildman–Crippen LogP) is 2.67. The second-order valence-corrected chi connectivity index (χ2v) is 6.62. The van der Waals surface area contributed by atoms with Gasteiger partial charge in [0.15, 0.2) is 0 Å². The van der Waals surface area contributed by atoms with E-state index >= 15 is 0 Å². The molecular formula is C19H28N2O3. The molecule has 0 bridgehead atoms. The highest BCUT2D eigenvalue weighted by atomic mass is 16.4. The Kier molecular flexibility index (Phi) is 6.79. The molecule has 1 aromatic carbocycles. The van der Waals surface area contributed by atoms with E-state index in [9.17, 15) is 14.7 Å². The summed E-state index contributed by atoms with van der Waals surface area (Å²) in [6.45, 7) is 6.25. The molecule has 1 N–H and O–H groups in total. The number of carboxylic acid groups (broad SMARTS) is 1. The van der Waals surface area contributed by atoms with E-state index < -0.39 is 12.0 Å². The molecule has 1 aromatic rings. The number of piperidine rings is 1. The smallest absolute Gasteiger partial charge is 0.320 e. The normalized spacial score (nSPS) is 18.3. The first kappa shape index (κ1) is 18.5. The van der Waals surface area contributed by atoms with Crippen LogP contribution in [-0.2, 0) is 16.1 Å². The molecule has 1 aliphatic rings. The highest BCUT2D eigenvalue weighted by Gasteiger charge is 2.30. The van der Waals surface area contributed by atoms with Gasteiger partial charge < -0.3 is 10.0 Å². The largest absolute Gasteiger partial charge is 0.480 e. The number of likely N-dealkylation sites (tertiary alicyclic amines) is 1. The first-order valence-corrected chi connectivity index (χ1v) is 8.81. The fraction of sp³-hybridized carbons (Fsp3) is 0.579. The summed E-state index contributed by atoms with van der Waals surface area (Å²) in [6.07, 6.45) is 3.40. The van der Waals surface area contributed by atoms with Crippen LogP contribution in [0.4, 0.5) is 0 Å². The molecule has 0 aromatic heterocycles. The Bertz CT molecular complexity index is 556. The SMILES string of the molecule is CCCN(Cc1ccc(C)cc1)C(=O)CN1CCCCC1C(=O)O. The summed E-state index contributed by atoms with van der Waals surface area (Å²) in [5.74, 6) is -0.798. The van der Waals surface area contributed by atoms with Crippen molar-refractivity contribution in [2.45, 2.75) is 52.1 Å². The molecule has 24 heavy (non-hydrogen) atoms. The van der Waals surface area contributed by atoms with Crippen LogP contribution in [0.2, 0.25) is 0 Å². The van der Waals surface area contributed by atoms with Gasteiger partial charge in [0, 0.05) is 13.1 Å². The molecule has 0 aliphatic carbocycles. The highest BCUT2D eigenvalue weighted by Crippen LogP contribution is 2.18. The predicted molar refractivity (Wildman–Crippen MR) is 93.7 cm³/mol. The summed E-state index contributed by atoms with van der Waals surface area (Å²) in [5.41, 5.74) is 2.31. The van der Waals surface area contributed by atoms with Crippen LogP contribution in [0.3, 0.4) is 0 Å². The molecule has 2 rings (SSSR count). The first-order chi connectivity index (χ1) is 11.5.